The van der Waals surface area contributed by atoms with Gasteiger partial charge in [0.05, 0.1) is 7.11 Å². The second-order valence-electron chi connectivity index (χ2n) is 5.37. The van der Waals surface area contributed by atoms with Gasteiger partial charge >= 0.3 is 5.97 Å². The molecule has 2 aliphatic heterocycles. The van der Waals surface area contributed by atoms with Crippen LogP contribution in [0.15, 0.2) is 16.3 Å². The molecule has 2 saturated heterocycles. The van der Waals surface area contributed by atoms with Crippen LogP contribution in [0.1, 0.15) is 22.5 Å². The first-order valence-electron chi connectivity index (χ1n) is 6.93. The summed E-state index contributed by atoms with van der Waals surface area (Å²) in [5.41, 5.74) is 0. The monoisotopic (exact) mass is 366 g/mol. The number of thiophene rings is 1. The zero-order valence-electron chi connectivity index (χ0n) is 12.1. The van der Waals surface area contributed by atoms with E-state index < -0.39 is 16.0 Å². The van der Waals surface area contributed by atoms with Crippen LogP contribution in [0.5, 0.6) is 0 Å². The summed E-state index contributed by atoms with van der Waals surface area (Å²) in [6, 6.07) is 1.92. The van der Waals surface area contributed by atoms with E-state index in [0.717, 1.165) is 30.7 Å². The minimum atomic E-state index is -3.63. The summed E-state index contributed by atoms with van der Waals surface area (Å²) in [6.45, 7) is 1.97. The van der Waals surface area contributed by atoms with E-state index in [0.29, 0.717) is 25.0 Å². The Morgan fingerprint density at radius 2 is 2.23 bits per heavy atom. The van der Waals surface area contributed by atoms with Crippen LogP contribution in [0, 0.1) is 5.92 Å². The van der Waals surface area contributed by atoms with Gasteiger partial charge in [-0.15, -0.1) is 23.7 Å². The first-order chi connectivity index (χ1) is 10.0. The third-order valence-corrected chi connectivity index (χ3v) is 7.17. The maximum absolute atomic E-state index is 12.8. The van der Waals surface area contributed by atoms with Crippen molar-refractivity contribution in [2.45, 2.75) is 23.8 Å². The molecule has 1 N–H and O–H groups in total. The Bertz CT molecular complexity index is 646. The van der Waals surface area contributed by atoms with E-state index in [4.69, 9.17) is 0 Å². The molecule has 2 fully saturated rings. The van der Waals surface area contributed by atoms with E-state index in [1.54, 1.807) is 5.38 Å². The molecule has 6 nitrogen and oxygen atoms in total. The Balaban J connectivity index is 0.00000176. The van der Waals surface area contributed by atoms with Gasteiger partial charge in [0, 0.05) is 19.1 Å². The predicted octanol–water partition coefficient (Wildman–Crippen LogP) is 1.33. The van der Waals surface area contributed by atoms with E-state index in [1.165, 1.54) is 17.5 Å². The average Bonchev–Trinajstić information content (AvgIpc) is 3.14. The number of fused-ring (bicyclic) bond motifs is 1. The molecule has 124 valence electrons. The summed E-state index contributed by atoms with van der Waals surface area (Å²) in [4.78, 5) is 11.9. The summed E-state index contributed by atoms with van der Waals surface area (Å²) in [5.74, 6) is -0.227. The van der Waals surface area contributed by atoms with Crippen molar-refractivity contribution in [1.82, 2.24) is 9.62 Å². The molecule has 22 heavy (non-hydrogen) atoms. The lowest BCUT2D eigenvalue weighted by molar-refractivity contribution is 0.0602. The van der Waals surface area contributed by atoms with Crippen molar-refractivity contribution in [3.05, 3.63) is 16.3 Å². The van der Waals surface area contributed by atoms with Crippen LogP contribution in [-0.2, 0) is 14.8 Å². The van der Waals surface area contributed by atoms with Crippen molar-refractivity contribution >= 4 is 39.7 Å². The molecule has 3 heterocycles. The lowest BCUT2D eigenvalue weighted by Crippen LogP contribution is -2.46. The number of carbonyl (C=O) groups excluding carboxylic acids is 1. The van der Waals surface area contributed by atoms with Crippen molar-refractivity contribution in [2.24, 2.45) is 5.92 Å². The topological polar surface area (TPSA) is 75.7 Å². The molecule has 0 aromatic carbocycles. The fourth-order valence-corrected chi connectivity index (χ4v) is 5.93. The van der Waals surface area contributed by atoms with Crippen LogP contribution in [0.3, 0.4) is 0 Å². The number of hydrogen-bond acceptors (Lipinski definition) is 6. The zero-order valence-corrected chi connectivity index (χ0v) is 14.6. The first kappa shape index (κ1) is 17.7. The van der Waals surface area contributed by atoms with Crippen molar-refractivity contribution in [3.8, 4) is 0 Å². The van der Waals surface area contributed by atoms with E-state index in [9.17, 15) is 13.2 Å². The van der Waals surface area contributed by atoms with Gasteiger partial charge < -0.3 is 10.1 Å². The molecule has 1 aromatic heterocycles. The molecule has 2 unspecified atom stereocenters. The van der Waals surface area contributed by atoms with E-state index in [2.05, 4.69) is 10.1 Å². The Kier molecular flexibility index (Phi) is 5.50. The third kappa shape index (κ3) is 3.03. The molecule has 2 aliphatic rings. The average molecular weight is 367 g/mol. The summed E-state index contributed by atoms with van der Waals surface area (Å²) in [7, 11) is -2.37. The number of rotatable bonds is 3. The summed E-state index contributed by atoms with van der Waals surface area (Å²) >= 11 is 1.10. The van der Waals surface area contributed by atoms with Gasteiger partial charge in [0.25, 0.3) is 0 Å². The van der Waals surface area contributed by atoms with Gasteiger partial charge in [-0.2, -0.15) is 4.31 Å². The maximum atomic E-state index is 12.8. The highest BCUT2D eigenvalue weighted by Crippen LogP contribution is 2.31. The standard InChI is InChI=1S/C13H18N2O4S2.ClH/c1-19-13(16)12-11(4-7-20-12)21(17,18)15-6-3-10-9(8-15)2-5-14-10;/h4,7,9-10,14H,2-3,5-6,8H2,1H3;1H. The minimum absolute atomic E-state index is 0. The third-order valence-electron chi connectivity index (χ3n) is 4.24. The Morgan fingerprint density at radius 1 is 1.45 bits per heavy atom. The SMILES string of the molecule is COC(=O)c1sccc1S(=O)(=O)N1CCC2NCCC2C1.Cl. The fraction of sp³-hybridized carbons (Fsp3) is 0.615. The molecule has 0 aliphatic carbocycles. The molecule has 2 atom stereocenters. The van der Waals surface area contributed by atoms with Crippen LogP contribution >= 0.6 is 23.7 Å². The smallest absolute Gasteiger partial charge is 0.349 e. The van der Waals surface area contributed by atoms with Gasteiger partial charge in [-0.3, -0.25) is 0 Å². The lowest BCUT2D eigenvalue weighted by Gasteiger charge is -2.33. The zero-order chi connectivity index (χ0) is 15.0. The van der Waals surface area contributed by atoms with Crippen LogP contribution in [0.25, 0.3) is 0 Å². The molecule has 3 rings (SSSR count). The Morgan fingerprint density at radius 3 is 2.95 bits per heavy atom. The molecule has 0 spiro atoms. The van der Waals surface area contributed by atoms with Crippen LogP contribution < -0.4 is 5.32 Å². The van der Waals surface area contributed by atoms with Crippen LogP contribution in [-0.4, -0.2) is 51.5 Å². The van der Waals surface area contributed by atoms with E-state index in [-0.39, 0.29) is 22.2 Å². The second kappa shape index (κ2) is 6.84. The molecule has 9 heteroatoms. The van der Waals surface area contributed by atoms with Gasteiger partial charge in [-0.1, -0.05) is 0 Å². The van der Waals surface area contributed by atoms with Crippen molar-refractivity contribution in [1.29, 1.82) is 0 Å². The number of piperidine rings is 1. The molecule has 0 bridgehead atoms. The minimum Gasteiger partial charge on any atom is -0.465 e. The number of ether oxygens (including phenoxy) is 1. The van der Waals surface area contributed by atoms with Gasteiger partial charge in [0.1, 0.15) is 9.77 Å². The Labute approximate surface area is 140 Å². The largest absolute Gasteiger partial charge is 0.465 e. The summed E-state index contributed by atoms with van der Waals surface area (Å²) in [6.07, 6.45) is 1.83. The Hall–Kier alpha value is -0.670. The second-order valence-corrected chi connectivity index (χ2v) is 8.19. The van der Waals surface area contributed by atoms with E-state index in [1.807, 2.05) is 0 Å². The number of nitrogens with zero attached hydrogens (tertiary/aromatic N) is 1. The van der Waals surface area contributed by atoms with Crippen LogP contribution in [0.4, 0.5) is 0 Å². The molecular formula is C13H19ClN2O4S2. The van der Waals surface area contributed by atoms with Crippen molar-refractivity contribution in [3.63, 3.8) is 0 Å². The number of sulfonamides is 1. The highest BCUT2D eigenvalue weighted by Gasteiger charge is 2.39. The molecule has 0 amide bonds. The quantitative estimate of drug-likeness (QED) is 0.817. The van der Waals surface area contributed by atoms with Crippen LogP contribution in [0.2, 0.25) is 0 Å². The molecular weight excluding hydrogens is 348 g/mol. The van der Waals surface area contributed by atoms with Gasteiger partial charge in [0.15, 0.2) is 0 Å². The number of hydrogen-bond donors (Lipinski definition) is 1. The van der Waals surface area contributed by atoms with Crippen molar-refractivity contribution in [2.75, 3.05) is 26.7 Å². The lowest BCUT2D eigenvalue weighted by atomic mass is 9.95. The maximum Gasteiger partial charge on any atom is 0.349 e. The fourth-order valence-electron chi connectivity index (χ4n) is 3.11. The molecule has 0 saturated carbocycles. The van der Waals surface area contributed by atoms with Gasteiger partial charge in [0.2, 0.25) is 10.0 Å². The summed E-state index contributed by atoms with van der Waals surface area (Å²) < 4.78 is 31.7. The number of halogens is 1. The molecule has 1 aromatic rings. The first-order valence-corrected chi connectivity index (χ1v) is 9.25. The van der Waals surface area contributed by atoms with Crippen molar-refractivity contribution < 1.29 is 17.9 Å². The van der Waals surface area contributed by atoms with Gasteiger partial charge in [-0.25, -0.2) is 13.2 Å². The number of esters is 1. The van der Waals surface area contributed by atoms with E-state index >= 15 is 0 Å². The predicted molar refractivity (Wildman–Crippen MR) is 86.2 cm³/mol. The number of carbonyl (C=O) groups is 1. The number of nitrogens with one attached hydrogen (secondary N) is 1. The van der Waals surface area contributed by atoms with Gasteiger partial charge in [-0.05, 0) is 36.8 Å². The highest BCUT2D eigenvalue weighted by atomic mass is 35.5. The summed E-state index contributed by atoms with van der Waals surface area (Å²) in [5, 5.41) is 5.02. The highest BCUT2D eigenvalue weighted by molar-refractivity contribution is 7.89. The number of methoxy groups -OCH3 is 1. The normalized spacial score (nSPS) is 25.3. The molecule has 0 radical (unpaired) electrons.